The van der Waals surface area contributed by atoms with E-state index in [1.165, 1.54) is 32.1 Å². The van der Waals surface area contributed by atoms with Crippen molar-refractivity contribution in [3.63, 3.8) is 0 Å². The number of carbonyl (C=O) groups is 1. The van der Waals surface area contributed by atoms with E-state index in [9.17, 15) is 4.79 Å². The summed E-state index contributed by atoms with van der Waals surface area (Å²) < 4.78 is 4.98. The van der Waals surface area contributed by atoms with Gasteiger partial charge in [-0.25, -0.2) is 0 Å². The van der Waals surface area contributed by atoms with Gasteiger partial charge in [0.1, 0.15) is 0 Å². The third kappa shape index (κ3) is 3.69. The van der Waals surface area contributed by atoms with Crippen molar-refractivity contribution < 1.29 is 9.53 Å². The SMILES string of the molecule is CCCCCC[C@@H]1C[C@@H]1C(=O)OCC. The standard InChI is InChI=1S/C12H22O2/c1-3-5-6-7-8-10-9-11(10)12(13)14-4-2/h10-11H,3-9H2,1-2H3/t10-,11+/m1/s1. The van der Waals surface area contributed by atoms with E-state index in [0.29, 0.717) is 12.5 Å². The molecule has 1 aliphatic rings. The zero-order valence-electron chi connectivity index (χ0n) is 9.42. The van der Waals surface area contributed by atoms with Crippen molar-refractivity contribution in [2.75, 3.05) is 6.61 Å². The van der Waals surface area contributed by atoms with Gasteiger partial charge in [0.25, 0.3) is 0 Å². The van der Waals surface area contributed by atoms with Crippen LogP contribution in [0.2, 0.25) is 0 Å². The molecule has 1 saturated carbocycles. The summed E-state index contributed by atoms with van der Waals surface area (Å²) >= 11 is 0. The van der Waals surface area contributed by atoms with E-state index in [0.717, 1.165) is 6.42 Å². The molecule has 0 amide bonds. The Morgan fingerprint density at radius 2 is 2.07 bits per heavy atom. The minimum Gasteiger partial charge on any atom is -0.466 e. The Bertz CT molecular complexity index is 177. The van der Waals surface area contributed by atoms with Gasteiger partial charge in [0, 0.05) is 0 Å². The fourth-order valence-electron chi connectivity index (χ4n) is 1.94. The maximum absolute atomic E-state index is 11.3. The molecule has 2 nitrogen and oxygen atoms in total. The molecular weight excluding hydrogens is 176 g/mol. The molecule has 14 heavy (non-hydrogen) atoms. The molecule has 0 radical (unpaired) electrons. The lowest BCUT2D eigenvalue weighted by molar-refractivity contribution is -0.145. The number of hydrogen-bond donors (Lipinski definition) is 0. The van der Waals surface area contributed by atoms with Crippen molar-refractivity contribution in [1.29, 1.82) is 0 Å². The Hall–Kier alpha value is -0.530. The minimum absolute atomic E-state index is 0.0352. The lowest BCUT2D eigenvalue weighted by Crippen LogP contribution is -2.07. The fraction of sp³-hybridized carbons (Fsp3) is 0.917. The van der Waals surface area contributed by atoms with Crippen LogP contribution in [0.15, 0.2) is 0 Å². The lowest BCUT2D eigenvalue weighted by Gasteiger charge is -2.00. The van der Waals surface area contributed by atoms with Crippen molar-refractivity contribution in [2.45, 2.75) is 52.4 Å². The molecule has 2 atom stereocenters. The van der Waals surface area contributed by atoms with Crippen molar-refractivity contribution in [2.24, 2.45) is 11.8 Å². The molecule has 0 N–H and O–H groups in total. The predicted molar refractivity (Wildman–Crippen MR) is 57.0 cm³/mol. The monoisotopic (exact) mass is 198 g/mol. The first-order chi connectivity index (χ1) is 6.79. The van der Waals surface area contributed by atoms with E-state index in [-0.39, 0.29) is 11.9 Å². The number of hydrogen-bond acceptors (Lipinski definition) is 2. The molecule has 1 aliphatic carbocycles. The van der Waals surface area contributed by atoms with Crippen molar-refractivity contribution >= 4 is 5.97 Å². The third-order valence-electron chi connectivity index (χ3n) is 2.94. The van der Waals surface area contributed by atoms with E-state index in [1.807, 2.05) is 6.92 Å². The molecule has 0 aliphatic heterocycles. The van der Waals surface area contributed by atoms with E-state index < -0.39 is 0 Å². The van der Waals surface area contributed by atoms with Gasteiger partial charge in [-0.15, -0.1) is 0 Å². The zero-order valence-corrected chi connectivity index (χ0v) is 9.42. The highest BCUT2D eigenvalue weighted by Crippen LogP contribution is 2.43. The largest absolute Gasteiger partial charge is 0.466 e. The molecule has 0 aromatic heterocycles. The third-order valence-corrected chi connectivity index (χ3v) is 2.94. The number of unbranched alkanes of at least 4 members (excludes halogenated alkanes) is 3. The summed E-state index contributed by atoms with van der Waals surface area (Å²) in [6.07, 6.45) is 7.52. The van der Waals surface area contributed by atoms with Crippen LogP contribution in [0.3, 0.4) is 0 Å². The highest BCUT2D eigenvalue weighted by atomic mass is 16.5. The second kappa shape index (κ2) is 6.05. The molecule has 0 bridgehead atoms. The van der Waals surface area contributed by atoms with Crippen molar-refractivity contribution in [3.8, 4) is 0 Å². The van der Waals surface area contributed by atoms with Gasteiger partial charge in [-0.05, 0) is 25.7 Å². The van der Waals surface area contributed by atoms with Gasteiger partial charge < -0.3 is 4.74 Å². The molecule has 82 valence electrons. The second-order valence-corrected chi connectivity index (χ2v) is 4.20. The van der Waals surface area contributed by atoms with Gasteiger partial charge in [-0.2, -0.15) is 0 Å². The summed E-state index contributed by atoms with van der Waals surface area (Å²) in [7, 11) is 0. The molecule has 2 heteroatoms. The van der Waals surface area contributed by atoms with Crippen LogP contribution in [0.1, 0.15) is 52.4 Å². The van der Waals surface area contributed by atoms with Crippen LogP contribution in [0.5, 0.6) is 0 Å². The smallest absolute Gasteiger partial charge is 0.309 e. The molecule has 1 rings (SSSR count). The molecule has 1 fully saturated rings. The quantitative estimate of drug-likeness (QED) is 0.464. The summed E-state index contributed by atoms with van der Waals surface area (Å²) in [5, 5.41) is 0. The van der Waals surface area contributed by atoms with E-state index in [1.54, 1.807) is 0 Å². The Morgan fingerprint density at radius 3 is 2.71 bits per heavy atom. The summed E-state index contributed by atoms with van der Waals surface area (Å²) in [4.78, 5) is 11.3. The van der Waals surface area contributed by atoms with Gasteiger partial charge in [0.2, 0.25) is 0 Å². The van der Waals surface area contributed by atoms with Crippen LogP contribution in [-0.2, 0) is 9.53 Å². The molecule has 0 spiro atoms. The molecular formula is C12H22O2. The molecule has 0 aromatic rings. The van der Waals surface area contributed by atoms with Crippen LogP contribution < -0.4 is 0 Å². The first-order valence-corrected chi connectivity index (χ1v) is 5.96. The Balaban J connectivity index is 1.99. The molecule has 0 heterocycles. The van der Waals surface area contributed by atoms with Crippen LogP contribution in [0, 0.1) is 11.8 Å². The topological polar surface area (TPSA) is 26.3 Å². The van der Waals surface area contributed by atoms with Gasteiger partial charge in [0.15, 0.2) is 0 Å². The second-order valence-electron chi connectivity index (χ2n) is 4.20. The van der Waals surface area contributed by atoms with Gasteiger partial charge >= 0.3 is 5.97 Å². The number of rotatable bonds is 7. The van der Waals surface area contributed by atoms with Crippen LogP contribution in [-0.4, -0.2) is 12.6 Å². The summed E-state index contributed by atoms with van der Waals surface area (Å²) in [5.74, 6) is 0.926. The highest BCUT2D eigenvalue weighted by Gasteiger charge is 2.43. The van der Waals surface area contributed by atoms with Gasteiger partial charge in [0.05, 0.1) is 12.5 Å². The Labute approximate surface area is 87.0 Å². The Kier molecular flexibility index (Phi) is 4.99. The summed E-state index contributed by atoms with van der Waals surface area (Å²) in [5.41, 5.74) is 0. The van der Waals surface area contributed by atoms with Gasteiger partial charge in [-0.1, -0.05) is 32.6 Å². The fourth-order valence-corrected chi connectivity index (χ4v) is 1.94. The molecule has 0 aromatic carbocycles. The maximum atomic E-state index is 11.3. The highest BCUT2D eigenvalue weighted by molar-refractivity contribution is 5.75. The zero-order chi connectivity index (χ0) is 10.4. The molecule has 0 saturated heterocycles. The van der Waals surface area contributed by atoms with Gasteiger partial charge in [-0.3, -0.25) is 4.79 Å². The molecule has 0 unspecified atom stereocenters. The van der Waals surface area contributed by atoms with Crippen molar-refractivity contribution in [3.05, 3.63) is 0 Å². The van der Waals surface area contributed by atoms with E-state index >= 15 is 0 Å². The van der Waals surface area contributed by atoms with E-state index in [4.69, 9.17) is 4.74 Å². The first kappa shape index (κ1) is 11.5. The normalized spacial score (nSPS) is 24.7. The maximum Gasteiger partial charge on any atom is 0.309 e. The van der Waals surface area contributed by atoms with Crippen LogP contribution in [0.4, 0.5) is 0 Å². The van der Waals surface area contributed by atoms with E-state index in [2.05, 4.69) is 6.92 Å². The predicted octanol–water partition coefficient (Wildman–Crippen LogP) is 3.16. The lowest BCUT2D eigenvalue weighted by atomic mass is 10.1. The first-order valence-electron chi connectivity index (χ1n) is 5.96. The van der Waals surface area contributed by atoms with Crippen LogP contribution >= 0.6 is 0 Å². The van der Waals surface area contributed by atoms with Crippen molar-refractivity contribution in [1.82, 2.24) is 0 Å². The average Bonchev–Trinajstić information content (AvgIpc) is 2.92. The average molecular weight is 198 g/mol. The number of esters is 1. The Morgan fingerprint density at radius 1 is 1.29 bits per heavy atom. The summed E-state index contributed by atoms with van der Waals surface area (Å²) in [6, 6.07) is 0. The van der Waals surface area contributed by atoms with Crippen LogP contribution in [0.25, 0.3) is 0 Å². The number of ether oxygens (including phenoxy) is 1. The summed E-state index contributed by atoms with van der Waals surface area (Å²) in [6.45, 7) is 4.62. The minimum atomic E-state index is 0.0352. The number of carbonyl (C=O) groups excluding carboxylic acids is 1.